The van der Waals surface area contributed by atoms with Gasteiger partial charge in [0.2, 0.25) is 0 Å². The molecule has 0 radical (unpaired) electrons. The van der Waals surface area contributed by atoms with Crippen LogP contribution < -0.4 is 4.90 Å². The van der Waals surface area contributed by atoms with Crippen molar-refractivity contribution in [2.24, 2.45) is 5.41 Å². The highest BCUT2D eigenvalue weighted by atomic mass is 16.6. The number of rotatable bonds is 4. The topological polar surface area (TPSA) is 74.7 Å². The molecule has 5 rings (SSSR count). The summed E-state index contributed by atoms with van der Waals surface area (Å²) in [5, 5.41) is 0. The second-order valence-electron chi connectivity index (χ2n) is 9.80. The molecule has 33 heavy (non-hydrogen) atoms. The van der Waals surface area contributed by atoms with E-state index in [9.17, 15) is 4.79 Å². The Bertz CT molecular complexity index is 1010. The van der Waals surface area contributed by atoms with Crippen molar-refractivity contribution in [1.82, 2.24) is 24.8 Å². The van der Waals surface area contributed by atoms with Crippen LogP contribution in [0.3, 0.4) is 0 Å². The van der Waals surface area contributed by atoms with Crippen LogP contribution in [0.15, 0.2) is 24.5 Å². The average molecular weight is 451 g/mol. The molecule has 2 aromatic rings. The standard InChI is InChI=1S/C25H34N6O2/c1-4-33-24(32)31-16-25(17-31)8-7-20(14-25)29-10-12-30(13-11-29)23-21(6-5-9-26-23)22-18(2)15-27-19(3)28-22/h5-6,9,15,20H,4,7-8,10-14,16-17H2,1-3H3. The minimum Gasteiger partial charge on any atom is -0.450 e. The van der Waals surface area contributed by atoms with Crippen molar-refractivity contribution in [2.75, 3.05) is 50.8 Å². The molecule has 2 aromatic heterocycles. The van der Waals surface area contributed by atoms with Crippen LogP contribution in [-0.2, 0) is 4.74 Å². The minimum absolute atomic E-state index is 0.152. The molecule has 1 amide bonds. The molecule has 2 saturated heterocycles. The van der Waals surface area contributed by atoms with E-state index in [1.807, 2.05) is 37.2 Å². The molecule has 3 fully saturated rings. The van der Waals surface area contributed by atoms with Gasteiger partial charge in [-0.25, -0.2) is 19.7 Å². The van der Waals surface area contributed by atoms with E-state index in [2.05, 4.69) is 27.8 Å². The third-order valence-electron chi connectivity index (χ3n) is 7.52. The van der Waals surface area contributed by atoms with E-state index >= 15 is 0 Å². The lowest BCUT2D eigenvalue weighted by Crippen LogP contribution is -2.58. The van der Waals surface area contributed by atoms with Gasteiger partial charge in [0.15, 0.2) is 0 Å². The van der Waals surface area contributed by atoms with E-state index < -0.39 is 0 Å². The van der Waals surface area contributed by atoms with Gasteiger partial charge in [0, 0.05) is 68.7 Å². The molecule has 0 aromatic carbocycles. The van der Waals surface area contributed by atoms with Crippen LogP contribution in [0.5, 0.6) is 0 Å². The molecule has 1 unspecified atom stereocenters. The van der Waals surface area contributed by atoms with Crippen LogP contribution in [0.25, 0.3) is 11.3 Å². The summed E-state index contributed by atoms with van der Waals surface area (Å²) in [5.74, 6) is 1.80. The zero-order valence-electron chi connectivity index (χ0n) is 20.0. The third-order valence-corrected chi connectivity index (χ3v) is 7.52. The molecule has 1 saturated carbocycles. The van der Waals surface area contributed by atoms with Crippen molar-refractivity contribution in [1.29, 1.82) is 0 Å². The molecule has 2 aliphatic heterocycles. The summed E-state index contributed by atoms with van der Waals surface area (Å²) in [6, 6.07) is 4.73. The van der Waals surface area contributed by atoms with Gasteiger partial charge in [-0.05, 0) is 57.7 Å². The SMILES string of the molecule is CCOC(=O)N1CC2(CCC(N3CCN(c4ncccc4-c4nc(C)ncc4C)CC3)C2)C1. The summed E-state index contributed by atoms with van der Waals surface area (Å²) >= 11 is 0. The number of pyridine rings is 1. The maximum Gasteiger partial charge on any atom is 0.409 e. The van der Waals surface area contributed by atoms with Gasteiger partial charge in [-0.2, -0.15) is 0 Å². The molecule has 1 atom stereocenters. The van der Waals surface area contributed by atoms with Crippen molar-refractivity contribution in [3.05, 3.63) is 35.9 Å². The smallest absolute Gasteiger partial charge is 0.409 e. The number of carbonyl (C=O) groups is 1. The molecular formula is C25H34N6O2. The van der Waals surface area contributed by atoms with Gasteiger partial charge in [0.1, 0.15) is 11.6 Å². The summed E-state index contributed by atoms with van der Waals surface area (Å²) in [5.41, 5.74) is 3.44. The first-order chi connectivity index (χ1) is 16.0. The van der Waals surface area contributed by atoms with E-state index in [4.69, 9.17) is 14.7 Å². The first kappa shape index (κ1) is 22.1. The average Bonchev–Trinajstić information content (AvgIpc) is 3.26. The summed E-state index contributed by atoms with van der Waals surface area (Å²) in [6.07, 6.45) is 7.25. The number of hydrogen-bond donors (Lipinski definition) is 0. The van der Waals surface area contributed by atoms with Gasteiger partial charge >= 0.3 is 6.09 Å². The fraction of sp³-hybridized carbons (Fsp3) is 0.600. The van der Waals surface area contributed by atoms with Crippen LogP contribution in [0.2, 0.25) is 0 Å². The Morgan fingerprint density at radius 2 is 1.97 bits per heavy atom. The molecular weight excluding hydrogens is 416 g/mol. The van der Waals surface area contributed by atoms with E-state index in [-0.39, 0.29) is 6.09 Å². The van der Waals surface area contributed by atoms with Gasteiger partial charge < -0.3 is 14.5 Å². The van der Waals surface area contributed by atoms with E-state index in [0.717, 1.165) is 67.7 Å². The summed E-state index contributed by atoms with van der Waals surface area (Å²) in [7, 11) is 0. The number of aryl methyl sites for hydroxylation is 2. The van der Waals surface area contributed by atoms with Crippen molar-refractivity contribution < 1.29 is 9.53 Å². The highest BCUT2D eigenvalue weighted by Crippen LogP contribution is 2.47. The Morgan fingerprint density at radius 3 is 2.73 bits per heavy atom. The van der Waals surface area contributed by atoms with Gasteiger partial charge in [-0.15, -0.1) is 0 Å². The maximum atomic E-state index is 12.0. The third kappa shape index (κ3) is 4.28. The number of piperazine rings is 1. The van der Waals surface area contributed by atoms with Gasteiger partial charge in [-0.3, -0.25) is 4.90 Å². The summed E-state index contributed by atoms with van der Waals surface area (Å²) < 4.78 is 5.16. The Kier molecular flexibility index (Phi) is 5.95. The van der Waals surface area contributed by atoms with Gasteiger partial charge in [0.25, 0.3) is 0 Å². The molecule has 0 bridgehead atoms. The molecule has 1 spiro atoms. The molecule has 4 heterocycles. The maximum absolute atomic E-state index is 12.0. The summed E-state index contributed by atoms with van der Waals surface area (Å²) in [6.45, 7) is 12.0. The van der Waals surface area contributed by atoms with Crippen LogP contribution in [0.4, 0.5) is 10.6 Å². The number of amides is 1. The van der Waals surface area contributed by atoms with Gasteiger partial charge in [-0.1, -0.05) is 0 Å². The zero-order chi connectivity index (χ0) is 23.0. The fourth-order valence-corrected chi connectivity index (χ4v) is 5.82. The van der Waals surface area contributed by atoms with E-state index in [1.54, 1.807) is 0 Å². The van der Waals surface area contributed by atoms with E-state index in [1.165, 1.54) is 19.3 Å². The van der Waals surface area contributed by atoms with Crippen LogP contribution in [0, 0.1) is 19.3 Å². The molecule has 1 aliphatic carbocycles. The predicted octanol–water partition coefficient (Wildman–Crippen LogP) is 3.29. The van der Waals surface area contributed by atoms with Gasteiger partial charge in [0.05, 0.1) is 12.3 Å². The lowest BCUT2D eigenvalue weighted by molar-refractivity contribution is -0.00294. The van der Waals surface area contributed by atoms with Crippen LogP contribution in [0.1, 0.15) is 37.6 Å². The Hall–Kier alpha value is -2.74. The largest absolute Gasteiger partial charge is 0.450 e. The highest BCUT2D eigenvalue weighted by Gasteiger charge is 2.51. The lowest BCUT2D eigenvalue weighted by Gasteiger charge is -2.48. The normalized spacial score (nSPS) is 22.5. The first-order valence-corrected chi connectivity index (χ1v) is 12.1. The number of anilines is 1. The minimum atomic E-state index is -0.152. The first-order valence-electron chi connectivity index (χ1n) is 12.1. The number of nitrogens with zero attached hydrogens (tertiary/aromatic N) is 6. The van der Waals surface area contributed by atoms with Crippen LogP contribution in [-0.4, -0.2) is 82.8 Å². The monoisotopic (exact) mass is 450 g/mol. The van der Waals surface area contributed by atoms with Crippen molar-refractivity contribution in [2.45, 2.75) is 46.1 Å². The van der Waals surface area contributed by atoms with Crippen molar-refractivity contribution in [3.63, 3.8) is 0 Å². The number of ether oxygens (including phenoxy) is 1. The quantitative estimate of drug-likeness (QED) is 0.708. The molecule has 3 aliphatic rings. The predicted molar refractivity (Wildman–Crippen MR) is 127 cm³/mol. The number of likely N-dealkylation sites (tertiary alicyclic amines) is 1. The number of hydrogen-bond acceptors (Lipinski definition) is 7. The second-order valence-corrected chi connectivity index (χ2v) is 9.80. The summed E-state index contributed by atoms with van der Waals surface area (Å²) in [4.78, 5) is 32.7. The van der Waals surface area contributed by atoms with Crippen molar-refractivity contribution >= 4 is 11.9 Å². The number of aromatic nitrogens is 3. The number of carbonyl (C=O) groups excluding carboxylic acids is 1. The molecule has 0 N–H and O–H groups in total. The zero-order valence-corrected chi connectivity index (χ0v) is 20.0. The second kappa shape index (κ2) is 8.89. The fourth-order valence-electron chi connectivity index (χ4n) is 5.82. The molecule has 176 valence electrons. The highest BCUT2D eigenvalue weighted by molar-refractivity contribution is 5.75. The van der Waals surface area contributed by atoms with E-state index in [0.29, 0.717) is 18.1 Å². The Labute approximate surface area is 196 Å². The Morgan fingerprint density at radius 1 is 1.18 bits per heavy atom. The van der Waals surface area contributed by atoms with Crippen LogP contribution >= 0.6 is 0 Å². The lowest BCUT2D eigenvalue weighted by atomic mass is 9.78. The molecule has 8 nitrogen and oxygen atoms in total. The van der Waals surface area contributed by atoms with Crippen molar-refractivity contribution in [3.8, 4) is 11.3 Å². The molecule has 8 heteroatoms. The Balaban J connectivity index is 1.21.